The van der Waals surface area contributed by atoms with Crippen molar-refractivity contribution in [3.63, 3.8) is 0 Å². The van der Waals surface area contributed by atoms with Gasteiger partial charge in [-0.3, -0.25) is 4.79 Å². The van der Waals surface area contributed by atoms with E-state index >= 15 is 0 Å². The molecular weight excluding hydrogens is 338 g/mol. The lowest BCUT2D eigenvalue weighted by Gasteiger charge is -2.30. The van der Waals surface area contributed by atoms with E-state index in [2.05, 4.69) is 6.92 Å². The monoisotopic (exact) mass is 359 g/mol. The van der Waals surface area contributed by atoms with Crippen molar-refractivity contribution in [1.29, 1.82) is 0 Å². The molecule has 1 heterocycles. The summed E-state index contributed by atoms with van der Waals surface area (Å²) in [6.45, 7) is 3.80. The number of hydrogen-bond donors (Lipinski definition) is 0. The normalized spacial score (nSPS) is 16.4. The van der Waals surface area contributed by atoms with Gasteiger partial charge in [0.25, 0.3) is 9.05 Å². The van der Waals surface area contributed by atoms with Gasteiger partial charge in [-0.15, -0.1) is 0 Å². The summed E-state index contributed by atoms with van der Waals surface area (Å²) in [7, 11) is 3.10. The van der Waals surface area contributed by atoms with Crippen LogP contribution in [-0.2, 0) is 20.3 Å². The number of benzene rings is 1. The van der Waals surface area contributed by atoms with Crippen LogP contribution in [0.25, 0.3) is 0 Å². The Bertz CT molecular complexity index is 667. The average Bonchev–Trinajstić information content (AvgIpc) is 2.52. The first-order valence-electron chi connectivity index (χ1n) is 7.70. The van der Waals surface area contributed by atoms with Crippen molar-refractivity contribution in [2.45, 2.75) is 37.5 Å². The Balaban J connectivity index is 2.05. The zero-order chi connectivity index (χ0) is 17.0. The van der Waals surface area contributed by atoms with Gasteiger partial charge >= 0.3 is 0 Å². The van der Waals surface area contributed by atoms with Crippen molar-refractivity contribution >= 4 is 25.6 Å². The number of nitrogens with zero attached hydrogens (tertiary/aromatic N) is 1. The van der Waals surface area contributed by atoms with Crippen molar-refractivity contribution in [3.05, 3.63) is 23.8 Å². The zero-order valence-corrected chi connectivity index (χ0v) is 15.0. The van der Waals surface area contributed by atoms with Crippen LogP contribution in [-0.4, -0.2) is 39.4 Å². The molecule has 1 aromatic carbocycles. The lowest BCUT2D eigenvalue weighted by Crippen LogP contribution is -2.38. The summed E-state index contributed by atoms with van der Waals surface area (Å²) in [6.07, 6.45) is 2.83. The third kappa shape index (κ3) is 4.85. The molecule has 2 rings (SSSR count). The quantitative estimate of drug-likeness (QED) is 0.758. The topological polar surface area (TPSA) is 63.7 Å². The maximum atomic E-state index is 12.3. The van der Waals surface area contributed by atoms with E-state index in [1.165, 1.54) is 19.2 Å². The number of hydrogen-bond acceptors (Lipinski definition) is 4. The standard InChI is InChI=1S/C16H22ClNO4S/c1-12-7-9-18(10-8-12)16(19)6-3-13-11-14(23(17,20)21)4-5-15(13)22-2/h4-5,11-12H,3,6-10H2,1-2H3. The van der Waals surface area contributed by atoms with Crippen LogP contribution in [0.4, 0.5) is 0 Å². The number of piperidine rings is 1. The van der Waals surface area contributed by atoms with Gasteiger partial charge in [-0.25, -0.2) is 8.42 Å². The first-order chi connectivity index (χ1) is 10.8. The smallest absolute Gasteiger partial charge is 0.261 e. The van der Waals surface area contributed by atoms with E-state index in [-0.39, 0.29) is 10.8 Å². The Morgan fingerprint density at radius 3 is 2.57 bits per heavy atom. The maximum absolute atomic E-state index is 12.3. The molecule has 0 atom stereocenters. The number of likely N-dealkylation sites (tertiary alicyclic amines) is 1. The maximum Gasteiger partial charge on any atom is 0.261 e. The number of rotatable bonds is 5. The second kappa shape index (κ2) is 7.53. The van der Waals surface area contributed by atoms with Gasteiger partial charge in [-0.2, -0.15) is 0 Å². The summed E-state index contributed by atoms with van der Waals surface area (Å²) in [4.78, 5) is 14.2. The Kier molecular flexibility index (Phi) is 5.92. The summed E-state index contributed by atoms with van der Waals surface area (Å²) in [6, 6.07) is 4.45. The van der Waals surface area contributed by atoms with E-state index in [1.807, 2.05) is 4.90 Å². The molecule has 0 aromatic heterocycles. The van der Waals surface area contributed by atoms with Crippen LogP contribution in [0.2, 0.25) is 0 Å². The Morgan fingerprint density at radius 1 is 1.35 bits per heavy atom. The van der Waals surface area contributed by atoms with Crippen LogP contribution in [0.5, 0.6) is 5.75 Å². The fourth-order valence-electron chi connectivity index (χ4n) is 2.76. The second-order valence-corrected chi connectivity index (χ2v) is 8.54. The number of carbonyl (C=O) groups is 1. The van der Waals surface area contributed by atoms with Crippen molar-refractivity contribution in [2.24, 2.45) is 5.92 Å². The fourth-order valence-corrected chi connectivity index (χ4v) is 3.56. The van der Waals surface area contributed by atoms with Gasteiger partial charge in [0.15, 0.2) is 0 Å². The SMILES string of the molecule is COc1ccc(S(=O)(=O)Cl)cc1CCC(=O)N1CCC(C)CC1. The van der Waals surface area contributed by atoms with Crippen molar-refractivity contribution in [2.75, 3.05) is 20.2 Å². The van der Waals surface area contributed by atoms with E-state index in [0.29, 0.717) is 30.1 Å². The highest BCUT2D eigenvalue weighted by Crippen LogP contribution is 2.26. The lowest BCUT2D eigenvalue weighted by atomic mass is 9.98. The molecule has 1 amide bonds. The Labute approximate surface area is 142 Å². The molecule has 7 heteroatoms. The molecule has 5 nitrogen and oxygen atoms in total. The number of ether oxygens (including phenoxy) is 1. The molecule has 1 fully saturated rings. The second-order valence-electron chi connectivity index (χ2n) is 5.97. The van der Waals surface area contributed by atoms with E-state index in [9.17, 15) is 13.2 Å². The molecule has 0 aliphatic carbocycles. The minimum absolute atomic E-state index is 0.0224. The van der Waals surface area contributed by atoms with Gasteiger partial charge in [0.2, 0.25) is 5.91 Å². The van der Waals surface area contributed by atoms with E-state index < -0.39 is 9.05 Å². The van der Waals surface area contributed by atoms with Crippen LogP contribution in [0.1, 0.15) is 31.7 Å². The predicted octanol–water partition coefficient (Wildman–Crippen LogP) is 2.81. The summed E-state index contributed by atoms with van der Waals surface area (Å²) < 4.78 is 28.1. The molecule has 0 radical (unpaired) electrons. The first kappa shape index (κ1) is 18.1. The van der Waals surface area contributed by atoms with E-state index in [4.69, 9.17) is 15.4 Å². The zero-order valence-electron chi connectivity index (χ0n) is 13.4. The highest BCUT2D eigenvalue weighted by atomic mass is 35.7. The number of amides is 1. The Morgan fingerprint density at radius 2 is 2.00 bits per heavy atom. The lowest BCUT2D eigenvalue weighted by molar-refractivity contribution is -0.132. The molecule has 0 saturated carbocycles. The van der Waals surface area contributed by atoms with Crippen LogP contribution < -0.4 is 4.74 Å². The summed E-state index contributed by atoms with van der Waals surface area (Å²) in [5, 5.41) is 0. The van der Waals surface area contributed by atoms with Gasteiger partial charge in [0.1, 0.15) is 5.75 Å². The minimum atomic E-state index is -3.79. The van der Waals surface area contributed by atoms with E-state index in [0.717, 1.165) is 25.9 Å². The molecule has 128 valence electrons. The van der Waals surface area contributed by atoms with Crippen molar-refractivity contribution in [1.82, 2.24) is 4.90 Å². The molecule has 0 spiro atoms. The number of carbonyl (C=O) groups excluding carboxylic acids is 1. The van der Waals surface area contributed by atoms with Crippen molar-refractivity contribution in [3.8, 4) is 5.75 Å². The van der Waals surface area contributed by atoms with Crippen LogP contribution >= 0.6 is 10.7 Å². The molecule has 1 aliphatic rings. The molecule has 23 heavy (non-hydrogen) atoms. The third-order valence-electron chi connectivity index (χ3n) is 4.28. The van der Waals surface area contributed by atoms with Crippen LogP contribution in [0, 0.1) is 5.92 Å². The molecule has 0 bridgehead atoms. The number of methoxy groups -OCH3 is 1. The molecule has 1 saturated heterocycles. The highest BCUT2D eigenvalue weighted by Gasteiger charge is 2.21. The largest absolute Gasteiger partial charge is 0.496 e. The summed E-state index contributed by atoms with van der Waals surface area (Å²) in [5.74, 6) is 1.33. The molecule has 1 aromatic rings. The van der Waals surface area contributed by atoms with Gasteiger partial charge in [-0.05, 0) is 48.9 Å². The minimum Gasteiger partial charge on any atom is -0.496 e. The first-order valence-corrected chi connectivity index (χ1v) is 10.0. The van der Waals surface area contributed by atoms with Crippen LogP contribution in [0.3, 0.4) is 0 Å². The summed E-state index contributed by atoms with van der Waals surface area (Å²) in [5.41, 5.74) is 0.674. The van der Waals surface area contributed by atoms with Crippen molar-refractivity contribution < 1.29 is 17.9 Å². The van der Waals surface area contributed by atoms with E-state index in [1.54, 1.807) is 6.07 Å². The Hall–Kier alpha value is -1.27. The fraction of sp³-hybridized carbons (Fsp3) is 0.562. The highest BCUT2D eigenvalue weighted by molar-refractivity contribution is 8.13. The number of aryl methyl sites for hydroxylation is 1. The summed E-state index contributed by atoms with van der Waals surface area (Å²) >= 11 is 0. The molecular formula is C16H22ClNO4S. The third-order valence-corrected chi connectivity index (χ3v) is 5.63. The number of halogens is 1. The molecule has 0 N–H and O–H groups in total. The van der Waals surface area contributed by atoms with Crippen LogP contribution in [0.15, 0.2) is 23.1 Å². The molecule has 1 aliphatic heterocycles. The average molecular weight is 360 g/mol. The van der Waals surface area contributed by atoms with Gasteiger partial charge in [0, 0.05) is 30.2 Å². The van der Waals surface area contributed by atoms with Gasteiger partial charge in [0.05, 0.1) is 12.0 Å². The predicted molar refractivity (Wildman–Crippen MR) is 89.3 cm³/mol. The molecule has 0 unspecified atom stereocenters. The van der Waals surface area contributed by atoms with Gasteiger partial charge < -0.3 is 9.64 Å². The van der Waals surface area contributed by atoms with Gasteiger partial charge in [-0.1, -0.05) is 6.92 Å².